The Morgan fingerprint density at radius 1 is 1.36 bits per heavy atom. The molecular formula is C12H18N2. The van der Waals surface area contributed by atoms with Gasteiger partial charge in [0.15, 0.2) is 0 Å². The molecule has 0 saturated carbocycles. The van der Waals surface area contributed by atoms with E-state index in [9.17, 15) is 0 Å². The van der Waals surface area contributed by atoms with Crippen molar-refractivity contribution >= 4 is 0 Å². The maximum atomic E-state index is 6.10. The van der Waals surface area contributed by atoms with Crippen molar-refractivity contribution in [1.82, 2.24) is 4.90 Å². The molecular weight excluding hydrogens is 172 g/mol. The molecule has 1 aromatic carbocycles. The topological polar surface area (TPSA) is 29.3 Å². The lowest BCUT2D eigenvalue weighted by atomic mass is 10.1. The summed E-state index contributed by atoms with van der Waals surface area (Å²) in [6.45, 7) is 3.26. The third-order valence-electron chi connectivity index (χ3n) is 3.26. The normalized spacial score (nSPS) is 25.4. The van der Waals surface area contributed by atoms with E-state index in [2.05, 4.69) is 43.1 Å². The van der Waals surface area contributed by atoms with E-state index >= 15 is 0 Å². The SMILES string of the molecule is CCN(C)C1CC(N)c2ccccc21. The number of hydrogen-bond acceptors (Lipinski definition) is 2. The van der Waals surface area contributed by atoms with Crippen LogP contribution >= 0.6 is 0 Å². The highest BCUT2D eigenvalue weighted by molar-refractivity contribution is 5.37. The second-order valence-electron chi connectivity index (χ2n) is 4.06. The standard InChI is InChI=1S/C12H18N2/c1-3-14(2)12-8-11(13)9-6-4-5-7-10(9)12/h4-7,11-12H,3,8,13H2,1-2H3. The summed E-state index contributed by atoms with van der Waals surface area (Å²) >= 11 is 0. The van der Waals surface area contributed by atoms with E-state index < -0.39 is 0 Å². The second kappa shape index (κ2) is 3.71. The predicted octanol–water partition coefficient (Wildman–Crippen LogP) is 2.08. The average molecular weight is 190 g/mol. The van der Waals surface area contributed by atoms with Crippen LogP contribution in [-0.2, 0) is 0 Å². The molecule has 0 aromatic heterocycles. The highest BCUT2D eigenvalue weighted by Gasteiger charge is 2.29. The number of rotatable bonds is 2. The number of nitrogens with zero attached hydrogens (tertiary/aromatic N) is 1. The van der Waals surface area contributed by atoms with Gasteiger partial charge in [-0.3, -0.25) is 4.90 Å². The molecule has 0 aliphatic heterocycles. The van der Waals surface area contributed by atoms with Gasteiger partial charge in [0.1, 0.15) is 0 Å². The van der Waals surface area contributed by atoms with E-state index in [0.717, 1.165) is 13.0 Å². The van der Waals surface area contributed by atoms with E-state index in [-0.39, 0.29) is 6.04 Å². The Morgan fingerprint density at radius 3 is 2.64 bits per heavy atom. The molecule has 0 fully saturated rings. The van der Waals surface area contributed by atoms with Gasteiger partial charge >= 0.3 is 0 Å². The Labute approximate surface area is 85.7 Å². The molecule has 0 radical (unpaired) electrons. The van der Waals surface area contributed by atoms with Gasteiger partial charge in [-0.25, -0.2) is 0 Å². The molecule has 14 heavy (non-hydrogen) atoms. The number of benzene rings is 1. The van der Waals surface area contributed by atoms with Crippen LogP contribution in [0.15, 0.2) is 24.3 Å². The van der Waals surface area contributed by atoms with Crippen LogP contribution in [-0.4, -0.2) is 18.5 Å². The van der Waals surface area contributed by atoms with Gasteiger partial charge in [0.05, 0.1) is 0 Å². The van der Waals surface area contributed by atoms with Crippen LogP contribution in [0.2, 0.25) is 0 Å². The maximum absolute atomic E-state index is 6.10. The third kappa shape index (κ3) is 1.45. The average Bonchev–Trinajstić information content (AvgIpc) is 2.56. The molecule has 2 atom stereocenters. The van der Waals surface area contributed by atoms with Crippen molar-refractivity contribution in [2.45, 2.75) is 25.4 Å². The van der Waals surface area contributed by atoms with E-state index in [1.54, 1.807) is 0 Å². The summed E-state index contributed by atoms with van der Waals surface area (Å²) in [6.07, 6.45) is 1.06. The minimum Gasteiger partial charge on any atom is -0.324 e. The first kappa shape index (κ1) is 9.69. The number of fused-ring (bicyclic) bond motifs is 1. The highest BCUT2D eigenvalue weighted by atomic mass is 15.1. The molecule has 1 aliphatic rings. The summed E-state index contributed by atoms with van der Waals surface area (Å²) in [7, 11) is 2.17. The fourth-order valence-electron chi connectivity index (χ4n) is 2.28. The minimum absolute atomic E-state index is 0.227. The van der Waals surface area contributed by atoms with E-state index in [0.29, 0.717) is 6.04 Å². The molecule has 2 N–H and O–H groups in total. The van der Waals surface area contributed by atoms with Crippen LogP contribution in [0.3, 0.4) is 0 Å². The molecule has 0 bridgehead atoms. The number of nitrogens with two attached hydrogens (primary N) is 1. The van der Waals surface area contributed by atoms with Crippen molar-refractivity contribution in [1.29, 1.82) is 0 Å². The zero-order valence-electron chi connectivity index (χ0n) is 8.90. The molecule has 76 valence electrons. The first-order valence-electron chi connectivity index (χ1n) is 5.28. The quantitative estimate of drug-likeness (QED) is 0.773. The van der Waals surface area contributed by atoms with Crippen LogP contribution in [0.4, 0.5) is 0 Å². The monoisotopic (exact) mass is 190 g/mol. The van der Waals surface area contributed by atoms with E-state index in [1.807, 2.05) is 0 Å². The Balaban J connectivity index is 2.34. The molecule has 2 nitrogen and oxygen atoms in total. The molecule has 1 aromatic rings. The van der Waals surface area contributed by atoms with Crippen LogP contribution < -0.4 is 5.73 Å². The molecule has 0 saturated heterocycles. The Hall–Kier alpha value is -0.860. The molecule has 1 aliphatic carbocycles. The summed E-state index contributed by atoms with van der Waals surface area (Å²) in [5.41, 5.74) is 8.85. The van der Waals surface area contributed by atoms with Gasteiger partial charge in [-0.2, -0.15) is 0 Å². The van der Waals surface area contributed by atoms with Crippen LogP contribution in [0.25, 0.3) is 0 Å². The van der Waals surface area contributed by atoms with Crippen molar-refractivity contribution < 1.29 is 0 Å². The molecule has 0 amide bonds. The zero-order chi connectivity index (χ0) is 10.1. The summed E-state index contributed by atoms with van der Waals surface area (Å²) in [6, 6.07) is 9.29. The molecule has 0 spiro atoms. The smallest absolute Gasteiger partial charge is 0.0366 e. The number of hydrogen-bond donors (Lipinski definition) is 1. The van der Waals surface area contributed by atoms with Gasteiger partial charge < -0.3 is 5.73 Å². The van der Waals surface area contributed by atoms with Crippen molar-refractivity contribution in [3.05, 3.63) is 35.4 Å². The Morgan fingerprint density at radius 2 is 2.00 bits per heavy atom. The van der Waals surface area contributed by atoms with Gasteiger partial charge in [-0.15, -0.1) is 0 Å². The van der Waals surface area contributed by atoms with E-state index in [1.165, 1.54) is 11.1 Å². The second-order valence-corrected chi connectivity index (χ2v) is 4.06. The molecule has 2 rings (SSSR count). The molecule has 2 heteroatoms. The lowest BCUT2D eigenvalue weighted by Gasteiger charge is -2.23. The first-order chi connectivity index (χ1) is 6.74. The predicted molar refractivity (Wildman–Crippen MR) is 59.0 cm³/mol. The largest absolute Gasteiger partial charge is 0.324 e. The Bertz CT molecular complexity index is 322. The van der Waals surface area contributed by atoms with Crippen LogP contribution in [0, 0.1) is 0 Å². The van der Waals surface area contributed by atoms with Crippen molar-refractivity contribution in [2.75, 3.05) is 13.6 Å². The lowest BCUT2D eigenvalue weighted by molar-refractivity contribution is 0.250. The molecule has 2 unspecified atom stereocenters. The highest BCUT2D eigenvalue weighted by Crippen LogP contribution is 2.39. The summed E-state index contributed by atoms with van der Waals surface area (Å²) in [5.74, 6) is 0. The van der Waals surface area contributed by atoms with Gasteiger partial charge in [0.2, 0.25) is 0 Å². The van der Waals surface area contributed by atoms with Gasteiger partial charge in [-0.05, 0) is 31.1 Å². The first-order valence-corrected chi connectivity index (χ1v) is 5.28. The fraction of sp³-hybridized carbons (Fsp3) is 0.500. The van der Waals surface area contributed by atoms with Gasteiger partial charge in [0.25, 0.3) is 0 Å². The van der Waals surface area contributed by atoms with Crippen molar-refractivity contribution in [2.24, 2.45) is 5.73 Å². The van der Waals surface area contributed by atoms with Crippen LogP contribution in [0.1, 0.15) is 36.6 Å². The fourth-order valence-corrected chi connectivity index (χ4v) is 2.28. The third-order valence-corrected chi connectivity index (χ3v) is 3.26. The van der Waals surface area contributed by atoms with Crippen molar-refractivity contribution in [3.63, 3.8) is 0 Å². The summed E-state index contributed by atoms with van der Waals surface area (Å²) in [5, 5.41) is 0. The maximum Gasteiger partial charge on any atom is 0.0366 e. The van der Waals surface area contributed by atoms with E-state index in [4.69, 9.17) is 5.73 Å². The summed E-state index contributed by atoms with van der Waals surface area (Å²) in [4.78, 5) is 2.37. The zero-order valence-corrected chi connectivity index (χ0v) is 8.90. The summed E-state index contributed by atoms with van der Waals surface area (Å²) < 4.78 is 0. The molecule has 0 heterocycles. The van der Waals surface area contributed by atoms with Crippen LogP contribution in [0.5, 0.6) is 0 Å². The van der Waals surface area contributed by atoms with Gasteiger partial charge in [0, 0.05) is 12.1 Å². The Kier molecular flexibility index (Phi) is 2.57. The minimum atomic E-state index is 0.227. The van der Waals surface area contributed by atoms with Crippen molar-refractivity contribution in [3.8, 4) is 0 Å². The lowest BCUT2D eigenvalue weighted by Crippen LogP contribution is -2.22. The van der Waals surface area contributed by atoms with Gasteiger partial charge in [-0.1, -0.05) is 31.2 Å².